The maximum Gasteiger partial charge on any atom is 0.258 e. The Balaban J connectivity index is 0.000000720. The third kappa shape index (κ3) is 0.993. The molecule has 0 unspecified atom stereocenters. The quantitative estimate of drug-likeness (QED) is 0.565. The molecule has 0 bridgehead atoms. The highest BCUT2D eigenvalue weighted by atomic mass is 16.2. The summed E-state index contributed by atoms with van der Waals surface area (Å²) in [5.74, 6) is -0.601. The molecule has 0 aliphatic carbocycles. The molecule has 0 saturated carbocycles. The van der Waals surface area contributed by atoms with Crippen LogP contribution in [0.4, 0.5) is 0 Å². The molecule has 1 aromatic carbocycles. The average Bonchev–Trinajstić information content (AvgIpc) is 2.30. The van der Waals surface area contributed by atoms with Crippen molar-refractivity contribution in [2.24, 2.45) is 0 Å². The van der Waals surface area contributed by atoms with E-state index in [2.05, 4.69) is 5.32 Å². The van der Waals surface area contributed by atoms with E-state index in [0.717, 1.165) is 0 Å². The molecule has 2 amide bonds. The van der Waals surface area contributed by atoms with Gasteiger partial charge in [0.15, 0.2) is 0 Å². The Morgan fingerprint density at radius 1 is 0.917 bits per heavy atom. The third-order valence-corrected chi connectivity index (χ3v) is 1.64. The standard InChI is InChI=1S/C8H5NO2.C/c10-7-5-3-1-2-4-6(5)8(11)9-7;/h1-4H,(H,9,10,11);. The Hall–Kier alpha value is -1.64. The summed E-state index contributed by atoms with van der Waals surface area (Å²) in [6, 6.07) is 6.74. The lowest BCUT2D eigenvalue weighted by atomic mass is 10.1. The van der Waals surface area contributed by atoms with E-state index in [1.807, 2.05) is 0 Å². The minimum Gasteiger partial charge on any atom is -0.288 e. The normalized spacial score (nSPS) is 13.3. The average molecular weight is 159 g/mol. The monoisotopic (exact) mass is 159 g/mol. The van der Waals surface area contributed by atoms with Gasteiger partial charge in [-0.2, -0.15) is 0 Å². The van der Waals surface area contributed by atoms with Gasteiger partial charge in [-0.05, 0) is 12.1 Å². The van der Waals surface area contributed by atoms with Crippen molar-refractivity contribution in [3.63, 3.8) is 0 Å². The van der Waals surface area contributed by atoms with Crippen molar-refractivity contribution in [1.29, 1.82) is 0 Å². The minimum absolute atomic E-state index is 0. The van der Waals surface area contributed by atoms with E-state index in [-0.39, 0.29) is 19.2 Å². The largest absolute Gasteiger partial charge is 0.288 e. The molecule has 0 saturated heterocycles. The first-order valence-corrected chi connectivity index (χ1v) is 3.24. The van der Waals surface area contributed by atoms with Crippen LogP contribution in [0.2, 0.25) is 0 Å². The molecule has 1 heterocycles. The summed E-state index contributed by atoms with van der Waals surface area (Å²) in [6.07, 6.45) is 0. The Bertz CT molecular complexity index is 311. The summed E-state index contributed by atoms with van der Waals surface area (Å²) >= 11 is 0. The lowest BCUT2D eigenvalue weighted by molar-refractivity contribution is 0.0879. The van der Waals surface area contributed by atoms with E-state index in [9.17, 15) is 9.59 Å². The maximum absolute atomic E-state index is 10.9. The summed E-state index contributed by atoms with van der Waals surface area (Å²) < 4.78 is 0. The molecular weight excluding hydrogens is 154 g/mol. The molecule has 0 spiro atoms. The van der Waals surface area contributed by atoms with Gasteiger partial charge in [-0.1, -0.05) is 12.1 Å². The van der Waals surface area contributed by atoms with Crippen molar-refractivity contribution in [1.82, 2.24) is 5.32 Å². The Morgan fingerprint density at radius 2 is 1.33 bits per heavy atom. The fourth-order valence-corrected chi connectivity index (χ4v) is 1.12. The number of hydrogen-bond acceptors (Lipinski definition) is 2. The Labute approximate surface area is 70.4 Å². The van der Waals surface area contributed by atoms with Crippen molar-refractivity contribution < 1.29 is 9.59 Å². The molecule has 2 rings (SSSR count). The van der Waals surface area contributed by atoms with Crippen LogP contribution in [0.15, 0.2) is 24.3 Å². The van der Waals surface area contributed by atoms with Gasteiger partial charge in [-0.15, -0.1) is 0 Å². The zero-order chi connectivity index (χ0) is 7.84. The third-order valence-electron chi connectivity index (χ3n) is 1.64. The molecule has 12 heavy (non-hydrogen) atoms. The molecule has 3 heteroatoms. The molecule has 1 aromatic rings. The zero-order valence-corrected chi connectivity index (χ0v) is 6.13. The first-order valence-electron chi connectivity index (χ1n) is 3.24. The van der Waals surface area contributed by atoms with E-state index < -0.39 is 0 Å². The summed E-state index contributed by atoms with van der Waals surface area (Å²) in [5.41, 5.74) is 0.940. The van der Waals surface area contributed by atoms with Crippen molar-refractivity contribution in [3.05, 3.63) is 42.8 Å². The van der Waals surface area contributed by atoms with E-state index in [0.29, 0.717) is 11.1 Å². The van der Waals surface area contributed by atoms with Crippen molar-refractivity contribution in [2.45, 2.75) is 0 Å². The van der Waals surface area contributed by atoms with Gasteiger partial charge in [0.05, 0.1) is 11.1 Å². The zero-order valence-electron chi connectivity index (χ0n) is 6.13. The van der Waals surface area contributed by atoms with Gasteiger partial charge in [0.2, 0.25) is 0 Å². The number of carbonyl (C=O) groups is 2. The van der Waals surface area contributed by atoms with Crippen LogP contribution in [-0.2, 0) is 0 Å². The molecule has 3 nitrogen and oxygen atoms in total. The van der Waals surface area contributed by atoms with Crippen LogP contribution in [-0.4, -0.2) is 11.8 Å². The maximum atomic E-state index is 10.9. The molecular formula is C9H5NO2. The number of amides is 2. The first kappa shape index (κ1) is 8.46. The molecule has 0 aromatic heterocycles. The number of nitrogens with one attached hydrogen (secondary N) is 1. The number of fused-ring (bicyclic) bond motifs is 1. The lowest BCUT2D eigenvalue weighted by Gasteiger charge is -1.88. The summed E-state index contributed by atoms with van der Waals surface area (Å²) in [5, 5.41) is 2.20. The molecule has 4 radical (unpaired) electrons. The number of carbonyl (C=O) groups excluding carboxylic acids is 2. The van der Waals surface area contributed by atoms with Crippen LogP contribution in [0.25, 0.3) is 0 Å². The second kappa shape index (κ2) is 2.77. The topological polar surface area (TPSA) is 46.2 Å². The van der Waals surface area contributed by atoms with Crippen LogP contribution in [0, 0.1) is 7.43 Å². The first-order chi connectivity index (χ1) is 5.29. The molecule has 1 aliphatic heterocycles. The van der Waals surface area contributed by atoms with Crippen LogP contribution < -0.4 is 5.32 Å². The van der Waals surface area contributed by atoms with E-state index in [1.54, 1.807) is 24.3 Å². The molecule has 0 atom stereocenters. The van der Waals surface area contributed by atoms with Crippen LogP contribution in [0.3, 0.4) is 0 Å². The minimum atomic E-state index is -0.300. The Kier molecular flexibility index (Phi) is 1.95. The van der Waals surface area contributed by atoms with Crippen LogP contribution in [0.1, 0.15) is 20.7 Å². The van der Waals surface area contributed by atoms with Gasteiger partial charge in [-0.3, -0.25) is 14.9 Å². The second-order valence-corrected chi connectivity index (χ2v) is 2.33. The Morgan fingerprint density at radius 3 is 1.75 bits per heavy atom. The number of rotatable bonds is 0. The SMILES string of the molecule is O=C1NC(=O)c2ccccc21.[C]. The van der Waals surface area contributed by atoms with Crippen molar-refractivity contribution in [2.75, 3.05) is 0 Å². The smallest absolute Gasteiger partial charge is 0.258 e. The predicted molar refractivity (Wildman–Crippen MR) is 41.5 cm³/mol. The van der Waals surface area contributed by atoms with Gasteiger partial charge >= 0.3 is 0 Å². The molecule has 58 valence electrons. The fraction of sp³-hybridized carbons (Fsp3) is 0. The van der Waals surface area contributed by atoms with Gasteiger partial charge in [0.25, 0.3) is 11.8 Å². The van der Waals surface area contributed by atoms with Crippen LogP contribution in [0.5, 0.6) is 0 Å². The number of hydrogen-bond donors (Lipinski definition) is 1. The van der Waals surface area contributed by atoms with E-state index in [1.165, 1.54) is 0 Å². The molecule has 0 fully saturated rings. The molecule has 1 aliphatic rings. The summed E-state index contributed by atoms with van der Waals surface area (Å²) in [7, 11) is 0. The summed E-state index contributed by atoms with van der Waals surface area (Å²) in [4.78, 5) is 21.9. The van der Waals surface area contributed by atoms with Crippen LogP contribution >= 0.6 is 0 Å². The van der Waals surface area contributed by atoms with Crippen molar-refractivity contribution >= 4 is 11.8 Å². The lowest BCUT2D eigenvalue weighted by Crippen LogP contribution is -2.19. The fourth-order valence-electron chi connectivity index (χ4n) is 1.12. The van der Waals surface area contributed by atoms with E-state index >= 15 is 0 Å². The number of imide groups is 1. The highest BCUT2D eigenvalue weighted by Gasteiger charge is 2.25. The predicted octanol–water partition coefficient (Wildman–Crippen LogP) is 0.651. The second-order valence-electron chi connectivity index (χ2n) is 2.33. The highest BCUT2D eigenvalue weighted by molar-refractivity contribution is 6.21. The number of benzene rings is 1. The summed E-state index contributed by atoms with van der Waals surface area (Å²) in [6.45, 7) is 0. The van der Waals surface area contributed by atoms with Crippen molar-refractivity contribution in [3.8, 4) is 0 Å². The highest BCUT2D eigenvalue weighted by Crippen LogP contribution is 2.13. The van der Waals surface area contributed by atoms with Gasteiger partial charge in [0, 0.05) is 7.43 Å². The van der Waals surface area contributed by atoms with Gasteiger partial charge in [0.1, 0.15) is 0 Å². The van der Waals surface area contributed by atoms with Gasteiger partial charge in [-0.25, -0.2) is 0 Å². The van der Waals surface area contributed by atoms with E-state index in [4.69, 9.17) is 0 Å². The van der Waals surface area contributed by atoms with Gasteiger partial charge < -0.3 is 0 Å². The molecule has 1 N–H and O–H groups in total.